The molecule has 4 heteroatoms. The molecular formula is C18H38N2O2. The molecule has 22 heavy (non-hydrogen) atoms. The molecule has 1 atom stereocenters. The first-order valence-corrected chi connectivity index (χ1v) is 8.99. The molecule has 4 nitrogen and oxygen atoms in total. The maximum atomic E-state index is 5.83. The predicted molar refractivity (Wildman–Crippen MR) is 93.4 cm³/mol. The molecule has 0 radical (unpaired) electrons. The van der Waals surface area contributed by atoms with Gasteiger partial charge in [-0.25, -0.2) is 0 Å². The fourth-order valence-electron chi connectivity index (χ4n) is 2.64. The topological polar surface area (TPSA) is 33.7 Å². The van der Waals surface area contributed by atoms with Gasteiger partial charge in [-0.1, -0.05) is 34.6 Å². The summed E-state index contributed by atoms with van der Waals surface area (Å²) in [5.74, 6) is 0.696. The maximum Gasteiger partial charge on any atom is 0.0826 e. The standard InChI is InChI=1S/C18H38N2O2/c1-16(2)13-19-14-17-15-20(9-12-22-17)8-11-21-10-6-7-18(3,4)5/h16-17,19H,6-15H2,1-5H3. The van der Waals surface area contributed by atoms with E-state index in [1.165, 1.54) is 6.42 Å². The molecule has 1 fully saturated rings. The fraction of sp³-hybridized carbons (Fsp3) is 1.00. The van der Waals surface area contributed by atoms with Crippen LogP contribution in [0.5, 0.6) is 0 Å². The smallest absolute Gasteiger partial charge is 0.0826 e. The molecule has 132 valence electrons. The Morgan fingerprint density at radius 3 is 2.73 bits per heavy atom. The Morgan fingerprint density at radius 2 is 2.05 bits per heavy atom. The van der Waals surface area contributed by atoms with Crippen LogP contribution in [0.1, 0.15) is 47.5 Å². The quantitative estimate of drug-likeness (QED) is 0.629. The van der Waals surface area contributed by atoms with Crippen molar-refractivity contribution in [3.8, 4) is 0 Å². The number of ether oxygens (including phenoxy) is 2. The Balaban J connectivity index is 2.03. The first-order chi connectivity index (χ1) is 10.4. The first kappa shape index (κ1) is 19.9. The molecule has 0 amide bonds. The SMILES string of the molecule is CC(C)CNCC1CN(CCOCCCC(C)(C)C)CCO1. The molecule has 0 aliphatic carbocycles. The van der Waals surface area contributed by atoms with Gasteiger partial charge in [0, 0.05) is 32.8 Å². The van der Waals surface area contributed by atoms with E-state index in [0.717, 1.165) is 59.0 Å². The summed E-state index contributed by atoms with van der Waals surface area (Å²) in [6, 6.07) is 0. The molecule has 1 N–H and O–H groups in total. The largest absolute Gasteiger partial charge is 0.380 e. The Kier molecular flexibility index (Phi) is 9.57. The molecule has 0 aromatic rings. The predicted octanol–water partition coefficient (Wildman–Crippen LogP) is 2.78. The summed E-state index contributed by atoms with van der Waals surface area (Å²) in [6.07, 6.45) is 2.72. The molecule has 1 heterocycles. The van der Waals surface area contributed by atoms with Gasteiger partial charge in [0.05, 0.1) is 19.3 Å². The second kappa shape index (κ2) is 10.6. The van der Waals surface area contributed by atoms with Crippen molar-refractivity contribution in [1.82, 2.24) is 10.2 Å². The second-order valence-corrected chi connectivity index (χ2v) is 8.12. The number of morpholine rings is 1. The van der Waals surface area contributed by atoms with Crippen LogP contribution >= 0.6 is 0 Å². The number of nitrogens with one attached hydrogen (secondary N) is 1. The molecular weight excluding hydrogens is 276 g/mol. The van der Waals surface area contributed by atoms with E-state index < -0.39 is 0 Å². The Bertz CT molecular complexity index is 277. The lowest BCUT2D eigenvalue weighted by atomic mass is 9.91. The number of hydrogen-bond acceptors (Lipinski definition) is 4. The van der Waals surface area contributed by atoms with Crippen LogP contribution in [0.4, 0.5) is 0 Å². The van der Waals surface area contributed by atoms with Crippen LogP contribution in [0.2, 0.25) is 0 Å². The Hall–Kier alpha value is -0.160. The first-order valence-electron chi connectivity index (χ1n) is 8.99. The molecule has 0 aromatic carbocycles. The third-order valence-corrected chi connectivity index (χ3v) is 3.91. The van der Waals surface area contributed by atoms with Crippen molar-refractivity contribution in [2.24, 2.45) is 11.3 Å². The highest BCUT2D eigenvalue weighted by Crippen LogP contribution is 2.20. The molecule has 1 rings (SSSR count). The van der Waals surface area contributed by atoms with E-state index in [4.69, 9.17) is 9.47 Å². The van der Waals surface area contributed by atoms with Gasteiger partial charge in [0.15, 0.2) is 0 Å². The van der Waals surface area contributed by atoms with Crippen molar-refractivity contribution < 1.29 is 9.47 Å². The van der Waals surface area contributed by atoms with Crippen LogP contribution in [-0.2, 0) is 9.47 Å². The molecule has 1 saturated heterocycles. The zero-order valence-electron chi connectivity index (χ0n) is 15.5. The minimum Gasteiger partial charge on any atom is -0.380 e. The van der Waals surface area contributed by atoms with Crippen LogP contribution in [0.3, 0.4) is 0 Å². The van der Waals surface area contributed by atoms with Gasteiger partial charge >= 0.3 is 0 Å². The van der Waals surface area contributed by atoms with Crippen LogP contribution in [-0.4, -0.2) is 63.5 Å². The molecule has 1 aliphatic heterocycles. The van der Waals surface area contributed by atoms with E-state index in [9.17, 15) is 0 Å². The third kappa shape index (κ3) is 10.5. The summed E-state index contributed by atoms with van der Waals surface area (Å²) in [5.41, 5.74) is 0.420. The molecule has 0 spiro atoms. The van der Waals surface area contributed by atoms with Crippen molar-refractivity contribution >= 4 is 0 Å². The summed E-state index contributed by atoms with van der Waals surface area (Å²) in [4.78, 5) is 2.47. The van der Waals surface area contributed by atoms with E-state index >= 15 is 0 Å². The lowest BCUT2D eigenvalue weighted by molar-refractivity contribution is -0.0352. The van der Waals surface area contributed by atoms with E-state index in [1.807, 2.05) is 0 Å². The number of nitrogens with zero attached hydrogens (tertiary/aromatic N) is 1. The minimum absolute atomic E-state index is 0.327. The van der Waals surface area contributed by atoms with E-state index in [2.05, 4.69) is 44.8 Å². The van der Waals surface area contributed by atoms with Crippen molar-refractivity contribution in [3.05, 3.63) is 0 Å². The average molecular weight is 315 g/mol. The summed E-state index contributed by atoms with van der Waals surface area (Å²) in [5, 5.41) is 3.49. The van der Waals surface area contributed by atoms with Gasteiger partial charge in [0.2, 0.25) is 0 Å². The Morgan fingerprint density at radius 1 is 1.27 bits per heavy atom. The maximum absolute atomic E-state index is 5.83. The summed E-state index contributed by atoms with van der Waals surface area (Å²) in [7, 11) is 0. The van der Waals surface area contributed by atoms with Crippen molar-refractivity contribution in [2.75, 3.05) is 52.5 Å². The van der Waals surface area contributed by atoms with Crippen LogP contribution in [0.15, 0.2) is 0 Å². The van der Waals surface area contributed by atoms with Crippen LogP contribution < -0.4 is 5.32 Å². The lowest BCUT2D eigenvalue weighted by Crippen LogP contribution is -2.47. The van der Waals surface area contributed by atoms with E-state index in [-0.39, 0.29) is 0 Å². The zero-order chi connectivity index (χ0) is 16.4. The highest BCUT2D eigenvalue weighted by atomic mass is 16.5. The summed E-state index contributed by atoms with van der Waals surface area (Å²) < 4.78 is 11.6. The van der Waals surface area contributed by atoms with Crippen LogP contribution in [0.25, 0.3) is 0 Å². The zero-order valence-corrected chi connectivity index (χ0v) is 15.5. The fourth-order valence-corrected chi connectivity index (χ4v) is 2.64. The van der Waals surface area contributed by atoms with Gasteiger partial charge in [-0.3, -0.25) is 4.90 Å². The van der Waals surface area contributed by atoms with E-state index in [1.54, 1.807) is 0 Å². The van der Waals surface area contributed by atoms with Gasteiger partial charge < -0.3 is 14.8 Å². The molecule has 0 saturated carbocycles. The highest BCUT2D eigenvalue weighted by Gasteiger charge is 2.19. The second-order valence-electron chi connectivity index (χ2n) is 8.12. The molecule has 1 unspecified atom stereocenters. The molecule has 1 aliphatic rings. The van der Waals surface area contributed by atoms with Gasteiger partial charge in [-0.15, -0.1) is 0 Å². The normalized spacial score (nSPS) is 20.7. The molecule has 0 bridgehead atoms. The van der Waals surface area contributed by atoms with Gasteiger partial charge in [0.25, 0.3) is 0 Å². The van der Waals surface area contributed by atoms with Gasteiger partial charge in [0.1, 0.15) is 0 Å². The van der Waals surface area contributed by atoms with Crippen molar-refractivity contribution in [1.29, 1.82) is 0 Å². The highest BCUT2D eigenvalue weighted by molar-refractivity contribution is 4.73. The van der Waals surface area contributed by atoms with Crippen molar-refractivity contribution in [3.63, 3.8) is 0 Å². The molecule has 0 aromatic heterocycles. The minimum atomic E-state index is 0.327. The monoisotopic (exact) mass is 314 g/mol. The average Bonchev–Trinajstić information content (AvgIpc) is 2.41. The summed E-state index contributed by atoms with van der Waals surface area (Å²) >= 11 is 0. The number of rotatable bonds is 10. The van der Waals surface area contributed by atoms with Gasteiger partial charge in [-0.2, -0.15) is 0 Å². The van der Waals surface area contributed by atoms with Crippen LogP contribution in [0, 0.1) is 11.3 Å². The van der Waals surface area contributed by atoms with E-state index in [0.29, 0.717) is 17.4 Å². The number of hydrogen-bond donors (Lipinski definition) is 1. The Labute approximate surface area is 137 Å². The lowest BCUT2D eigenvalue weighted by Gasteiger charge is -2.33. The van der Waals surface area contributed by atoms with Gasteiger partial charge in [-0.05, 0) is 30.7 Å². The van der Waals surface area contributed by atoms with Crippen molar-refractivity contribution in [2.45, 2.75) is 53.6 Å². The third-order valence-electron chi connectivity index (χ3n) is 3.91. The summed E-state index contributed by atoms with van der Waals surface area (Å²) in [6.45, 7) is 19.0.